The lowest BCUT2D eigenvalue weighted by atomic mass is 9.43. The zero-order chi connectivity index (χ0) is 26.7. The molecular weight excluding hydrogens is 476 g/mol. The van der Waals surface area contributed by atoms with Gasteiger partial charge in [-0.2, -0.15) is 0 Å². The Hall–Kier alpha value is -0.650. The Bertz CT molecular complexity index is 860. The molecule has 6 fully saturated rings. The average Bonchev–Trinajstić information content (AvgIpc) is 3.61. The van der Waals surface area contributed by atoms with Crippen LogP contribution < -0.4 is 0 Å². The van der Waals surface area contributed by atoms with Crippen LogP contribution in [0.5, 0.6) is 0 Å². The summed E-state index contributed by atoms with van der Waals surface area (Å²) in [6.07, 6.45) is 15.1. The number of fused-ring (bicyclic) bond motifs is 7. The highest BCUT2D eigenvalue weighted by Crippen LogP contribution is 2.68. The van der Waals surface area contributed by atoms with Crippen molar-refractivity contribution < 1.29 is 24.5 Å². The Morgan fingerprint density at radius 1 is 0.947 bits per heavy atom. The maximum Gasteiger partial charge on any atom is 0.307 e. The van der Waals surface area contributed by atoms with Crippen LogP contribution in [0, 0.1) is 64.1 Å². The summed E-state index contributed by atoms with van der Waals surface area (Å²) in [5, 5.41) is 22.1. The first-order valence-electron chi connectivity index (χ1n) is 16.3. The van der Waals surface area contributed by atoms with Gasteiger partial charge in [-0.15, -0.1) is 0 Å². The molecule has 0 saturated heterocycles. The summed E-state index contributed by atoms with van der Waals surface area (Å²) in [5.41, 5.74) is 0.225. The lowest BCUT2D eigenvalue weighted by Crippen LogP contribution is -2.58. The predicted octanol–water partition coefficient (Wildman–Crippen LogP) is 6.35. The monoisotopic (exact) mass is 530 g/mol. The number of carbonyl (C=O) groups excluding carboxylic acids is 1. The van der Waals surface area contributed by atoms with Gasteiger partial charge in [0, 0.05) is 6.42 Å². The number of rotatable bonds is 8. The van der Waals surface area contributed by atoms with Crippen molar-refractivity contribution in [1.29, 1.82) is 0 Å². The van der Waals surface area contributed by atoms with E-state index < -0.39 is 0 Å². The van der Waals surface area contributed by atoms with Gasteiger partial charge < -0.3 is 19.7 Å². The molecule has 0 radical (unpaired) electrons. The van der Waals surface area contributed by atoms with E-state index >= 15 is 0 Å². The van der Waals surface area contributed by atoms with Crippen LogP contribution in [0.3, 0.4) is 0 Å². The maximum atomic E-state index is 12.5. The quantitative estimate of drug-likeness (QED) is 0.217. The molecule has 6 rings (SSSR count). The fourth-order valence-electron chi connectivity index (χ4n) is 11.7. The van der Waals surface area contributed by atoms with Gasteiger partial charge in [-0.1, -0.05) is 27.2 Å². The van der Waals surface area contributed by atoms with E-state index in [9.17, 15) is 15.0 Å². The fourth-order valence-corrected chi connectivity index (χ4v) is 11.7. The van der Waals surface area contributed by atoms with Crippen molar-refractivity contribution in [2.24, 2.45) is 64.1 Å². The lowest BCUT2D eigenvalue weighted by Gasteiger charge is -2.62. The van der Waals surface area contributed by atoms with Crippen LogP contribution in [0.25, 0.3) is 0 Å². The van der Waals surface area contributed by atoms with E-state index in [4.69, 9.17) is 9.47 Å². The Labute approximate surface area is 230 Å². The van der Waals surface area contributed by atoms with E-state index in [1.807, 2.05) is 0 Å². The second-order valence-electron chi connectivity index (χ2n) is 15.3. The summed E-state index contributed by atoms with van der Waals surface area (Å²) in [6, 6.07) is 0. The van der Waals surface area contributed by atoms with Crippen LogP contribution in [0.2, 0.25) is 0 Å². The number of hydrogen-bond acceptors (Lipinski definition) is 5. The SMILES string of the molecule is C[C@H](CCC(=O)OCOCC1CC2CCC1C2)[C@H]1CCC2[C@@H]3CC[C@@H]4C[C@H](O)CC[C@]4(C)[C@H]3C[C@H](O)[C@@]21C. The molecule has 5 heteroatoms. The van der Waals surface area contributed by atoms with Gasteiger partial charge in [-0.25, -0.2) is 0 Å². The molecule has 0 aromatic carbocycles. The Kier molecular flexibility index (Phi) is 7.70. The Balaban J connectivity index is 0.999. The lowest BCUT2D eigenvalue weighted by molar-refractivity contribution is -0.175. The largest absolute Gasteiger partial charge is 0.438 e. The minimum absolute atomic E-state index is 0.0500. The summed E-state index contributed by atoms with van der Waals surface area (Å²) >= 11 is 0. The molecule has 0 heterocycles. The number of aliphatic hydroxyl groups excluding tert-OH is 2. The average molecular weight is 531 g/mol. The van der Waals surface area contributed by atoms with Crippen molar-refractivity contribution in [3.8, 4) is 0 Å². The highest BCUT2D eigenvalue weighted by molar-refractivity contribution is 5.69. The second kappa shape index (κ2) is 10.6. The van der Waals surface area contributed by atoms with Crippen LogP contribution in [0.1, 0.15) is 111 Å². The molecule has 0 aliphatic heterocycles. The number of ether oxygens (including phenoxy) is 2. The summed E-state index contributed by atoms with van der Waals surface area (Å²) in [6.45, 7) is 8.01. The van der Waals surface area contributed by atoms with Crippen molar-refractivity contribution in [2.45, 2.75) is 123 Å². The molecule has 0 aromatic heterocycles. The molecule has 13 atom stereocenters. The van der Waals surface area contributed by atoms with Crippen molar-refractivity contribution in [3.63, 3.8) is 0 Å². The number of hydrogen-bond donors (Lipinski definition) is 2. The maximum absolute atomic E-state index is 12.5. The number of aliphatic hydroxyl groups is 2. The predicted molar refractivity (Wildman–Crippen MR) is 147 cm³/mol. The summed E-state index contributed by atoms with van der Waals surface area (Å²) < 4.78 is 11.2. The van der Waals surface area contributed by atoms with E-state index in [0.717, 1.165) is 50.5 Å². The van der Waals surface area contributed by atoms with Crippen LogP contribution in [0.4, 0.5) is 0 Å². The van der Waals surface area contributed by atoms with Gasteiger partial charge in [0.25, 0.3) is 0 Å². The van der Waals surface area contributed by atoms with Crippen molar-refractivity contribution in [3.05, 3.63) is 0 Å². The fraction of sp³-hybridized carbons (Fsp3) is 0.970. The molecule has 0 amide bonds. The molecule has 38 heavy (non-hydrogen) atoms. The van der Waals surface area contributed by atoms with Gasteiger partial charge >= 0.3 is 5.97 Å². The van der Waals surface area contributed by atoms with E-state index in [1.165, 1.54) is 51.4 Å². The smallest absolute Gasteiger partial charge is 0.307 e. The highest BCUT2D eigenvalue weighted by atomic mass is 16.7. The van der Waals surface area contributed by atoms with Crippen molar-refractivity contribution >= 4 is 5.97 Å². The molecule has 6 aliphatic carbocycles. The van der Waals surface area contributed by atoms with Crippen LogP contribution in [-0.4, -0.2) is 41.8 Å². The van der Waals surface area contributed by atoms with Gasteiger partial charge in [-0.05, 0) is 141 Å². The topological polar surface area (TPSA) is 76.0 Å². The van der Waals surface area contributed by atoms with Crippen LogP contribution >= 0.6 is 0 Å². The van der Waals surface area contributed by atoms with Crippen molar-refractivity contribution in [2.75, 3.05) is 13.4 Å². The first-order chi connectivity index (χ1) is 18.2. The van der Waals surface area contributed by atoms with Crippen LogP contribution in [0.15, 0.2) is 0 Å². The Morgan fingerprint density at radius 3 is 2.55 bits per heavy atom. The molecular formula is C33H54O5. The third-order valence-corrected chi connectivity index (χ3v) is 13.8. The first kappa shape index (κ1) is 27.5. The third kappa shape index (κ3) is 4.69. The van der Waals surface area contributed by atoms with Gasteiger partial charge in [0.05, 0.1) is 18.8 Å². The molecule has 0 spiro atoms. The molecule has 6 aliphatic rings. The molecule has 2 N–H and O–H groups in total. The van der Waals surface area contributed by atoms with Gasteiger partial charge in [0.1, 0.15) is 0 Å². The molecule has 216 valence electrons. The molecule has 6 saturated carbocycles. The van der Waals surface area contributed by atoms with Gasteiger partial charge in [0.2, 0.25) is 0 Å². The Morgan fingerprint density at radius 2 is 1.79 bits per heavy atom. The molecule has 4 unspecified atom stereocenters. The van der Waals surface area contributed by atoms with Crippen LogP contribution in [-0.2, 0) is 14.3 Å². The number of esters is 1. The van der Waals surface area contributed by atoms with E-state index in [2.05, 4.69) is 20.8 Å². The molecule has 0 aromatic rings. The zero-order valence-corrected chi connectivity index (χ0v) is 24.3. The van der Waals surface area contributed by atoms with E-state index in [0.29, 0.717) is 47.8 Å². The van der Waals surface area contributed by atoms with E-state index in [-0.39, 0.29) is 35.8 Å². The number of carbonyl (C=O) groups is 1. The third-order valence-electron chi connectivity index (χ3n) is 13.8. The minimum Gasteiger partial charge on any atom is -0.438 e. The second-order valence-corrected chi connectivity index (χ2v) is 15.3. The molecule has 2 bridgehead atoms. The van der Waals surface area contributed by atoms with Gasteiger partial charge in [-0.3, -0.25) is 4.79 Å². The summed E-state index contributed by atoms with van der Waals surface area (Å²) in [7, 11) is 0. The zero-order valence-electron chi connectivity index (χ0n) is 24.3. The van der Waals surface area contributed by atoms with E-state index in [1.54, 1.807) is 0 Å². The first-order valence-corrected chi connectivity index (χ1v) is 16.3. The normalized spacial score (nSPS) is 50.2. The van der Waals surface area contributed by atoms with Gasteiger partial charge in [0.15, 0.2) is 6.79 Å². The standard InChI is InChI=1S/C33H54O5/c1-20(4-11-31(36)38-19-37-18-23-15-21-5-6-22(23)14-21)27-9-10-28-26-8-7-24-16-25(34)12-13-32(24,2)29(26)17-30(35)33(27,28)3/h20-30,34-35H,4-19H2,1-3H3/t20-,21?,22?,23?,24-,25-,26+,27-,28?,29+,30+,32+,33-/m1/s1. The summed E-state index contributed by atoms with van der Waals surface area (Å²) in [5.74, 6) is 5.64. The minimum atomic E-state index is -0.266. The van der Waals surface area contributed by atoms with Crippen molar-refractivity contribution in [1.82, 2.24) is 0 Å². The molecule has 5 nitrogen and oxygen atoms in total. The highest BCUT2D eigenvalue weighted by Gasteiger charge is 2.63. The summed E-state index contributed by atoms with van der Waals surface area (Å²) in [4.78, 5) is 12.5.